The molecule has 0 aliphatic heterocycles. The van der Waals surface area contributed by atoms with E-state index in [0.717, 1.165) is 37.4 Å². The summed E-state index contributed by atoms with van der Waals surface area (Å²) in [4.78, 5) is 37.3. The normalized spacial score (nSPS) is 11.1. The zero-order chi connectivity index (χ0) is 17.9. The van der Waals surface area contributed by atoms with Gasteiger partial charge in [-0.15, -0.1) is 0 Å². The molecular formula is C15H27N3O4S2. The molecule has 0 radical (unpaired) electrons. The Kier molecular flexibility index (Phi) is 10.2. The van der Waals surface area contributed by atoms with Crippen molar-refractivity contribution in [1.82, 2.24) is 13.7 Å². The van der Waals surface area contributed by atoms with E-state index in [0.29, 0.717) is 19.4 Å². The van der Waals surface area contributed by atoms with Crippen molar-refractivity contribution in [2.45, 2.75) is 45.8 Å². The molecule has 0 amide bonds. The number of hydrogen-bond donors (Lipinski definition) is 1. The van der Waals surface area contributed by atoms with Crippen molar-refractivity contribution in [2.24, 2.45) is 0 Å². The van der Waals surface area contributed by atoms with Gasteiger partial charge in [0.25, 0.3) is 0 Å². The number of aromatic nitrogens is 3. The van der Waals surface area contributed by atoms with Crippen molar-refractivity contribution in [3.8, 4) is 0 Å². The van der Waals surface area contributed by atoms with Crippen molar-refractivity contribution in [1.29, 1.82) is 0 Å². The molecular weight excluding hydrogens is 350 g/mol. The first-order chi connectivity index (χ1) is 11.6. The number of aliphatic hydroxyl groups is 1. The van der Waals surface area contributed by atoms with Crippen LogP contribution in [0.25, 0.3) is 0 Å². The van der Waals surface area contributed by atoms with Crippen LogP contribution in [0.1, 0.15) is 26.2 Å². The molecule has 1 rings (SSSR count). The fourth-order valence-corrected chi connectivity index (χ4v) is 3.54. The van der Waals surface area contributed by atoms with E-state index in [2.05, 4.69) is 6.92 Å². The molecule has 0 aliphatic carbocycles. The van der Waals surface area contributed by atoms with Crippen LogP contribution in [-0.2, 0) is 19.6 Å². The van der Waals surface area contributed by atoms with Crippen LogP contribution in [0.4, 0.5) is 0 Å². The molecule has 1 N–H and O–H groups in total. The monoisotopic (exact) mass is 377 g/mol. The third-order valence-corrected chi connectivity index (χ3v) is 5.43. The fraction of sp³-hybridized carbons (Fsp3) is 0.800. The highest BCUT2D eigenvalue weighted by molar-refractivity contribution is 7.99. The third-order valence-electron chi connectivity index (χ3n) is 3.46. The summed E-state index contributed by atoms with van der Waals surface area (Å²) in [6.45, 7) is 2.28. The Hall–Kier alpha value is -0.930. The number of rotatable bonds is 12. The molecule has 24 heavy (non-hydrogen) atoms. The Morgan fingerprint density at radius 2 is 1.33 bits per heavy atom. The van der Waals surface area contributed by atoms with E-state index in [1.54, 1.807) is 23.5 Å². The average molecular weight is 378 g/mol. The highest BCUT2D eigenvalue weighted by atomic mass is 32.2. The van der Waals surface area contributed by atoms with Crippen LogP contribution in [0.2, 0.25) is 0 Å². The van der Waals surface area contributed by atoms with Gasteiger partial charge in [-0.25, -0.2) is 28.1 Å². The lowest BCUT2D eigenvalue weighted by Crippen LogP contribution is -2.55. The van der Waals surface area contributed by atoms with Gasteiger partial charge in [-0.1, -0.05) is 6.92 Å². The van der Waals surface area contributed by atoms with Gasteiger partial charge in [-0.2, -0.15) is 23.5 Å². The van der Waals surface area contributed by atoms with Crippen molar-refractivity contribution in [3.63, 3.8) is 0 Å². The smallest absolute Gasteiger partial charge is 0.336 e. The van der Waals surface area contributed by atoms with E-state index in [-0.39, 0.29) is 19.7 Å². The molecule has 1 aromatic rings. The number of thioether (sulfide) groups is 2. The third kappa shape index (κ3) is 5.86. The molecule has 9 heteroatoms. The molecule has 0 spiro atoms. The van der Waals surface area contributed by atoms with E-state index >= 15 is 0 Å². The van der Waals surface area contributed by atoms with Crippen molar-refractivity contribution in [3.05, 3.63) is 31.5 Å². The zero-order valence-corrected chi connectivity index (χ0v) is 16.0. The lowest BCUT2D eigenvalue weighted by molar-refractivity contribution is 0.264. The Morgan fingerprint density at radius 3 is 1.79 bits per heavy atom. The summed E-state index contributed by atoms with van der Waals surface area (Å²) in [6.07, 6.45) is 4.43. The first-order valence-electron chi connectivity index (χ1n) is 8.20. The summed E-state index contributed by atoms with van der Waals surface area (Å²) in [5.74, 6) is 2.75. The van der Waals surface area contributed by atoms with E-state index in [1.165, 1.54) is 0 Å². The topological polar surface area (TPSA) is 86.2 Å². The van der Waals surface area contributed by atoms with E-state index in [1.807, 2.05) is 6.26 Å². The molecule has 138 valence electrons. The average Bonchev–Trinajstić information content (AvgIpc) is 2.57. The van der Waals surface area contributed by atoms with Gasteiger partial charge in [-0.05, 0) is 42.8 Å². The van der Waals surface area contributed by atoms with Gasteiger partial charge in [-0.3, -0.25) is 0 Å². The summed E-state index contributed by atoms with van der Waals surface area (Å²) >= 11 is 3.43. The summed E-state index contributed by atoms with van der Waals surface area (Å²) in [7, 11) is 0. The SMILES string of the molecule is CCCSCCCn1c(=O)n(CCO)c(=O)n(CCCSC)c1=O. The Balaban J connectivity index is 3.09. The van der Waals surface area contributed by atoms with Crippen molar-refractivity contribution < 1.29 is 5.11 Å². The predicted molar refractivity (Wildman–Crippen MR) is 102 cm³/mol. The van der Waals surface area contributed by atoms with Gasteiger partial charge in [0.15, 0.2) is 0 Å². The number of aliphatic hydroxyl groups excluding tert-OH is 1. The van der Waals surface area contributed by atoms with Crippen LogP contribution >= 0.6 is 23.5 Å². The summed E-state index contributed by atoms with van der Waals surface area (Å²) in [5.41, 5.74) is -1.79. The molecule has 0 unspecified atom stereocenters. The lowest BCUT2D eigenvalue weighted by Gasteiger charge is -2.13. The number of hydrogen-bond acceptors (Lipinski definition) is 6. The highest BCUT2D eigenvalue weighted by Gasteiger charge is 2.14. The van der Waals surface area contributed by atoms with Gasteiger partial charge >= 0.3 is 17.1 Å². The minimum Gasteiger partial charge on any atom is -0.395 e. The van der Waals surface area contributed by atoms with E-state index in [4.69, 9.17) is 5.11 Å². The quantitative estimate of drug-likeness (QED) is 0.532. The first-order valence-corrected chi connectivity index (χ1v) is 10.7. The van der Waals surface area contributed by atoms with Gasteiger partial charge in [0, 0.05) is 13.1 Å². The van der Waals surface area contributed by atoms with Crippen LogP contribution in [-0.4, -0.2) is 48.9 Å². The molecule has 0 aromatic carbocycles. The maximum atomic E-state index is 12.5. The minimum absolute atomic E-state index is 0.0922. The van der Waals surface area contributed by atoms with Crippen molar-refractivity contribution in [2.75, 3.05) is 30.1 Å². The van der Waals surface area contributed by atoms with Crippen LogP contribution in [0.3, 0.4) is 0 Å². The van der Waals surface area contributed by atoms with Crippen LogP contribution in [0.5, 0.6) is 0 Å². The lowest BCUT2D eigenvalue weighted by atomic mass is 10.4. The van der Waals surface area contributed by atoms with Crippen LogP contribution < -0.4 is 17.1 Å². The molecule has 7 nitrogen and oxygen atoms in total. The van der Waals surface area contributed by atoms with E-state index < -0.39 is 17.1 Å². The Morgan fingerprint density at radius 1 is 0.833 bits per heavy atom. The molecule has 0 saturated heterocycles. The molecule has 1 heterocycles. The maximum absolute atomic E-state index is 12.5. The van der Waals surface area contributed by atoms with Gasteiger partial charge < -0.3 is 5.11 Å². The first kappa shape index (κ1) is 21.1. The molecule has 0 atom stereocenters. The predicted octanol–water partition coefficient (Wildman–Crippen LogP) is 0.450. The second kappa shape index (κ2) is 11.6. The number of nitrogens with zero attached hydrogens (tertiary/aromatic N) is 3. The minimum atomic E-state index is -0.628. The fourth-order valence-electron chi connectivity index (χ4n) is 2.29. The maximum Gasteiger partial charge on any atom is 0.336 e. The summed E-state index contributed by atoms with van der Waals surface area (Å²) in [5, 5.41) is 9.11. The van der Waals surface area contributed by atoms with Crippen molar-refractivity contribution >= 4 is 23.5 Å². The van der Waals surface area contributed by atoms with Crippen LogP contribution in [0.15, 0.2) is 14.4 Å². The zero-order valence-electron chi connectivity index (χ0n) is 14.4. The van der Waals surface area contributed by atoms with Gasteiger partial charge in [0.2, 0.25) is 0 Å². The molecule has 0 fully saturated rings. The largest absolute Gasteiger partial charge is 0.395 e. The standard InChI is InChI=1S/C15H27N3O4S2/c1-3-10-24-12-5-7-17-13(20)16(6-4-11-23-2)14(21)18(8-9-19)15(17)22/h19H,3-12H2,1-2H3. The van der Waals surface area contributed by atoms with E-state index in [9.17, 15) is 14.4 Å². The molecule has 0 aliphatic rings. The second-order valence-corrected chi connectivity index (χ2v) is 7.55. The molecule has 1 aromatic heterocycles. The van der Waals surface area contributed by atoms with Crippen LogP contribution in [0, 0.1) is 0 Å². The Bertz CT molecular complexity index is 666. The Labute approximate surface area is 150 Å². The summed E-state index contributed by atoms with van der Waals surface area (Å²) in [6, 6.07) is 0. The molecule has 0 bridgehead atoms. The molecule has 0 saturated carbocycles. The summed E-state index contributed by atoms with van der Waals surface area (Å²) < 4.78 is 3.20. The van der Waals surface area contributed by atoms with Gasteiger partial charge in [0.1, 0.15) is 0 Å². The second-order valence-electron chi connectivity index (χ2n) is 5.34. The van der Waals surface area contributed by atoms with Gasteiger partial charge in [0.05, 0.1) is 13.2 Å². The highest BCUT2D eigenvalue weighted by Crippen LogP contribution is 2.04.